The van der Waals surface area contributed by atoms with Crippen LogP contribution < -0.4 is 0 Å². The molecule has 3 aromatic rings. The third kappa shape index (κ3) is 1.48. The monoisotopic (exact) mass is 229 g/mol. The van der Waals surface area contributed by atoms with E-state index >= 15 is 0 Å². The summed E-state index contributed by atoms with van der Waals surface area (Å²) in [5, 5.41) is 12.0. The van der Waals surface area contributed by atoms with Crippen molar-refractivity contribution in [1.82, 2.24) is 4.98 Å². The predicted molar refractivity (Wildman–Crippen MR) is 65.9 cm³/mol. The minimum absolute atomic E-state index is 0.252. The Bertz CT molecular complexity index is 632. The predicted octanol–water partition coefficient (Wildman–Crippen LogP) is 3.75. The molecule has 0 aliphatic rings. The lowest BCUT2D eigenvalue weighted by Crippen LogP contribution is -1.82. The second-order valence-electron chi connectivity index (χ2n) is 3.70. The number of pyridine rings is 1. The zero-order chi connectivity index (χ0) is 11.1. The first kappa shape index (κ1) is 9.43. The first-order valence-corrected chi connectivity index (χ1v) is 5.29. The molecule has 78 valence electrons. The number of aromatic hydroxyl groups is 1. The van der Waals surface area contributed by atoms with Gasteiger partial charge in [-0.3, -0.25) is 0 Å². The zero-order valence-corrected chi connectivity index (χ0v) is 9.07. The van der Waals surface area contributed by atoms with Crippen molar-refractivity contribution in [3.05, 3.63) is 47.5 Å². The van der Waals surface area contributed by atoms with Gasteiger partial charge in [-0.1, -0.05) is 17.7 Å². The molecule has 0 spiro atoms. The third-order valence-corrected chi connectivity index (χ3v) is 2.79. The smallest absolute Gasteiger partial charge is 0.116 e. The number of fused-ring (bicyclic) bond motifs is 2. The third-order valence-electron chi connectivity index (χ3n) is 2.56. The van der Waals surface area contributed by atoms with Crippen LogP contribution in [0.25, 0.3) is 21.8 Å². The Morgan fingerprint density at radius 1 is 0.875 bits per heavy atom. The molecule has 1 aromatic heterocycles. The highest BCUT2D eigenvalue weighted by Crippen LogP contribution is 2.24. The fourth-order valence-electron chi connectivity index (χ4n) is 1.79. The lowest BCUT2D eigenvalue weighted by atomic mass is 10.1. The van der Waals surface area contributed by atoms with E-state index in [-0.39, 0.29) is 5.75 Å². The molecule has 0 fully saturated rings. The van der Waals surface area contributed by atoms with Gasteiger partial charge in [-0.15, -0.1) is 0 Å². The Morgan fingerprint density at radius 3 is 2.62 bits per heavy atom. The molecule has 2 aromatic carbocycles. The van der Waals surface area contributed by atoms with E-state index in [1.807, 2.05) is 24.3 Å². The van der Waals surface area contributed by atoms with Crippen LogP contribution in [0.1, 0.15) is 0 Å². The van der Waals surface area contributed by atoms with Crippen molar-refractivity contribution in [2.45, 2.75) is 0 Å². The van der Waals surface area contributed by atoms with Crippen LogP contribution in [-0.4, -0.2) is 10.1 Å². The summed E-state index contributed by atoms with van der Waals surface area (Å²) in [5.41, 5.74) is 1.72. The molecule has 1 N–H and O–H groups in total. The largest absolute Gasteiger partial charge is 0.508 e. The SMILES string of the molecule is Oc1ccc2nc3cc(Cl)ccc3cc2c1. The molecular weight excluding hydrogens is 222 g/mol. The maximum absolute atomic E-state index is 9.40. The number of rotatable bonds is 0. The molecule has 0 saturated carbocycles. The summed E-state index contributed by atoms with van der Waals surface area (Å²) in [6, 6.07) is 12.7. The Labute approximate surface area is 97.1 Å². The number of phenolic OH excluding ortho intramolecular Hbond substituents is 1. The Kier molecular flexibility index (Phi) is 1.98. The van der Waals surface area contributed by atoms with E-state index in [0.29, 0.717) is 5.02 Å². The zero-order valence-electron chi connectivity index (χ0n) is 8.31. The first-order valence-electron chi connectivity index (χ1n) is 4.91. The average Bonchev–Trinajstić information content (AvgIpc) is 2.26. The number of hydrogen-bond acceptors (Lipinski definition) is 2. The molecule has 2 nitrogen and oxygen atoms in total. The van der Waals surface area contributed by atoms with Gasteiger partial charge in [0, 0.05) is 15.8 Å². The van der Waals surface area contributed by atoms with E-state index in [1.54, 1.807) is 18.2 Å². The van der Waals surface area contributed by atoms with Crippen molar-refractivity contribution in [1.29, 1.82) is 0 Å². The Balaban J connectivity index is 2.44. The number of nitrogens with zero attached hydrogens (tertiary/aromatic N) is 1. The van der Waals surface area contributed by atoms with Crippen LogP contribution in [0.3, 0.4) is 0 Å². The molecule has 0 aliphatic heterocycles. The number of benzene rings is 2. The molecule has 3 rings (SSSR count). The lowest BCUT2D eigenvalue weighted by molar-refractivity contribution is 0.476. The molecule has 0 radical (unpaired) electrons. The standard InChI is InChI=1S/C13H8ClNO/c14-10-2-1-8-5-9-6-11(16)3-4-12(9)15-13(8)7-10/h1-7,16H. The van der Waals surface area contributed by atoms with E-state index in [1.165, 1.54) is 0 Å². The van der Waals surface area contributed by atoms with Gasteiger partial charge in [0.2, 0.25) is 0 Å². The van der Waals surface area contributed by atoms with Crippen LogP contribution in [-0.2, 0) is 0 Å². The van der Waals surface area contributed by atoms with Crippen LogP contribution in [0.15, 0.2) is 42.5 Å². The number of hydrogen-bond donors (Lipinski definition) is 1. The van der Waals surface area contributed by atoms with Gasteiger partial charge >= 0.3 is 0 Å². The summed E-state index contributed by atoms with van der Waals surface area (Å²) in [4.78, 5) is 4.48. The van der Waals surface area contributed by atoms with Gasteiger partial charge in [-0.2, -0.15) is 0 Å². The quantitative estimate of drug-likeness (QED) is 0.596. The van der Waals surface area contributed by atoms with Gasteiger partial charge in [-0.25, -0.2) is 4.98 Å². The molecule has 16 heavy (non-hydrogen) atoms. The molecule has 0 saturated heterocycles. The minimum atomic E-state index is 0.252. The molecule has 0 bridgehead atoms. The summed E-state index contributed by atoms with van der Waals surface area (Å²) in [6.45, 7) is 0. The molecule has 0 amide bonds. The molecule has 0 aliphatic carbocycles. The van der Waals surface area contributed by atoms with Gasteiger partial charge in [0.1, 0.15) is 5.75 Å². The molecule has 1 heterocycles. The van der Waals surface area contributed by atoms with Crippen molar-refractivity contribution in [2.75, 3.05) is 0 Å². The van der Waals surface area contributed by atoms with Crippen molar-refractivity contribution in [3.63, 3.8) is 0 Å². The van der Waals surface area contributed by atoms with Gasteiger partial charge in [0.25, 0.3) is 0 Å². The van der Waals surface area contributed by atoms with Crippen LogP contribution >= 0.6 is 11.6 Å². The molecule has 0 atom stereocenters. The second kappa shape index (κ2) is 3.35. The summed E-state index contributed by atoms with van der Waals surface area (Å²) in [5.74, 6) is 0.252. The second-order valence-corrected chi connectivity index (χ2v) is 4.14. The normalized spacial score (nSPS) is 11.1. The Morgan fingerprint density at radius 2 is 1.75 bits per heavy atom. The van der Waals surface area contributed by atoms with E-state index in [9.17, 15) is 5.11 Å². The maximum atomic E-state index is 9.40. The highest BCUT2D eigenvalue weighted by molar-refractivity contribution is 6.31. The number of phenols is 1. The molecule has 3 heteroatoms. The van der Waals surface area contributed by atoms with Crippen molar-refractivity contribution >= 4 is 33.4 Å². The van der Waals surface area contributed by atoms with Gasteiger partial charge in [0.15, 0.2) is 0 Å². The number of halogens is 1. The maximum Gasteiger partial charge on any atom is 0.116 e. The highest BCUT2D eigenvalue weighted by Gasteiger charge is 2.01. The van der Waals surface area contributed by atoms with Gasteiger partial charge in [-0.05, 0) is 36.4 Å². The van der Waals surface area contributed by atoms with Crippen LogP contribution in [0, 0.1) is 0 Å². The summed E-state index contributed by atoms with van der Waals surface area (Å²) in [7, 11) is 0. The Hall–Kier alpha value is -1.80. The van der Waals surface area contributed by atoms with Crippen LogP contribution in [0.2, 0.25) is 5.02 Å². The van der Waals surface area contributed by atoms with Gasteiger partial charge in [0.05, 0.1) is 11.0 Å². The minimum Gasteiger partial charge on any atom is -0.508 e. The van der Waals surface area contributed by atoms with Gasteiger partial charge < -0.3 is 5.11 Å². The molecule has 0 unspecified atom stereocenters. The van der Waals surface area contributed by atoms with E-state index in [0.717, 1.165) is 21.8 Å². The number of aromatic nitrogens is 1. The fraction of sp³-hybridized carbons (Fsp3) is 0. The van der Waals surface area contributed by atoms with Crippen LogP contribution in [0.4, 0.5) is 0 Å². The van der Waals surface area contributed by atoms with Crippen molar-refractivity contribution in [2.24, 2.45) is 0 Å². The first-order chi connectivity index (χ1) is 7.72. The fourth-order valence-corrected chi connectivity index (χ4v) is 1.96. The summed E-state index contributed by atoms with van der Waals surface area (Å²) in [6.07, 6.45) is 0. The summed E-state index contributed by atoms with van der Waals surface area (Å²) >= 11 is 5.92. The summed E-state index contributed by atoms with van der Waals surface area (Å²) < 4.78 is 0. The highest BCUT2D eigenvalue weighted by atomic mass is 35.5. The van der Waals surface area contributed by atoms with Crippen molar-refractivity contribution in [3.8, 4) is 5.75 Å². The van der Waals surface area contributed by atoms with E-state index < -0.39 is 0 Å². The molecular formula is C13H8ClNO. The van der Waals surface area contributed by atoms with E-state index in [4.69, 9.17) is 11.6 Å². The van der Waals surface area contributed by atoms with Crippen molar-refractivity contribution < 1.29 is 5.11 Å². The average molecular weight is 230 g/mol. The lowest BCUT2D eigenvalue weighted by Gasteiger charge is -2.02. The van der Waals surface area contributed by atoms with E-state index in [2.05, 4.69) is 4.98 Å². The van der Waals surface area contributed by atoms with Crippen LogP contribution in [0.5, 0.6) is 5.75 Å². The topological polar surface area (TPSA) is 33.1 Å².